The number of rotatable bonds is 10. The van der Waals surface area contributed by atoms with E-state index in [4.69, 9.17) is 5.11 Å². The highest BCUT2D eigenvalue weighted by Gasteiger charge is 2.14. The fraction of sp³-hybridized carbons (Fsp3) is 0.240. The Morgan fingerprint density at radius 1 is 0.839 bits per heavy atom. The number of hydrogen-bond donors (Lipinski definition) is 2. The van der Waals surface area contributed by atoms with Gasteiger partial charge < -0.3 is 5.11 Å². The predicted octanol–water partition coefficient (Wildman–Crippen LogP) is 5.31. The van der Waals surface area contributed by atoms with Crippen LogP contribution < -0.4 is 4.72 Å². The fourth-order valence-electron chi connectivity index (χ4n) is 3.37. The number of carboxylic acid groups (broad SMARTS) is 1. The van der Waals surface area contributed by atoms with Crippen molar-refractivity contribution in [3.05, 3.63) is 95.1 Å². The third-order valence-electron chi connectivity index (χ3n) is 5.11. The summed E-state index contributed by atoms with van der Waals surface area (Å²) >= 11 is 0. The van der Waals surface area contributed by atoms with E-state index < -0.39 is 16.0 Å². The van der Waals surface area contributed by atoms with Gasteiger partial charge in [0.2, 0.25) is 0 Å². The van der Waals surface area contributed by atoms with E-state index in [9.17, 15) is 13.2 Å². The number of carboxylic acids is 1. The summed E-state index contributed by atoms with van der Waals surface area (Å²) in [5, 5.41) is 9.12. The zero-order valence-electron chi connectivity index (χ0n) is 17.5. The van der Waals surface area contributed by atoms with Gasteiger partial charge in [0.1, 0.15) is 0 Å². The van der Waals surface area contributed by atoms with Crippen molar-refractivity contribution in [2.45, 2.75) is 43.9 Å². The van der Waals surface area contributed by atoms with Crippen LogP contribution in [0.15, 0.2) is 77.7 Å². The summed E-state index contributed by atoms with van der Waals surface area (Å²) < 4.78 is 28.2. The molecule has 0 unspecified atom stereocenters. The lowest BCUT2D eigenvalue weighted by atomic mass is 10.0. The maximum atomic E-state index is 12.8. The Labute approximate surface area is 183 Å². The molecular formula is C25H27NO4S. The highest BCUT2D eigenvalue weighted by atomic mass is 32.2. The summed E-state index contributed by atoms with van der Waals surface area (Å²) in [6.45, 7) is 2.13. The quantitative estimate of drug-likeness (QED) is 0.450. The molecular weight excluding hydrogens is 410 g/mol. The van der Waals surface area contributed by atoms with E-state index in [2.05, 4.69) is 11.6 Å². The number of aryl methyl sites for hydroxylation is 3. The van der Waals surface area contributed by atoms with Crippen LogP contribution in [0, 0.1) is 0 Å². The van der Waals surface area contributed by atoms with Crippen LogP contribution in [0.4, 0.5) is 5.69 Å². The van der Waals surface area contributed by atoms with E-state index in [1.807, 2.05) is 36.4 Å². The van der Waals surface area contributed by atoms with Gasteiger partial charge in [0.05, 0.1) is 10.5 Å². The molecule has 0 spiro atoms. The molecule has 0 aliphatic rings. The molecule has 0 heterocycles. The molecule has 0 saturated heterocycles. The van der Waals surface area contributed by atoms with Crippen LogP contribution in [0.25, 0.3) is 0 Å². The zero-order chi connectivity index (χ0) is 22.3. The van der Waals surface area contributed by atoms with Gasteiger partial charge in [-0.3, -0.25) is 4.72 Å². The van der Waals surface area contributed by atoms with Crippen LogP contribution in [0.1, 0.15) is 46.8 Å². The van der Waals surface area contributed by atoms with Crippen molar-refractivity contribution in [3.8, 4) is 0 Å². The normalized spacial score (nSPS) is 11.3. The molecule has 31 heavy (non-hydrogen) atoms. The van der Waals surface area contributed by atoms with Crippen molar-refractivity contribution in [1.29, 1.82) is 0 Å². The molecule has 3 aromatic carbocycles. The minimum Gasteiger partial charge on any atom is -0.478 e. The molecule has 0 atom stereocenters. The van der Waals surface area contributed by atoms with Gasteiger partial charge in [-0.2, -0.15) is 0 Å². The molecule has 2 N–H and O–H groups in total. The van der Waals surface area contributed by atoms with Crippen LogP contribution in [-0.2, 0) is 29.3 Å². The third-order valence-corrected chi connectivity index (χ3v) is 6.51. The average Bonchev–Trinajstić information content (AvgIpc) is 2.77. The Kier molecular flexibility index (Phi) is 7.47. The lowest BCUT2D eigenvalue weighted by Gasteiger charge is -2.10. The molecule has 6 heteroatoms. The average molecular weight is 438 g/mol. The lowest BCUT2D eigenvalue weighted by molar-refractivity contribution is 0.0696. The standard InChI is InChI=1S/C25H27NO4S/c1-2-3-6-19-13-15-24(16-14-19)31(29,30)26-23-10-5-8-21(18-23)12-11-20-7-4-9-22(17-20)25(27)28/h4-5,7-10,13-18,26H,2-3,6,11-12H2,1H3,(H,27,28). The van der Waals surface area contributed by atoms with Crippen molar-refractivity contribution < 1.29 is 18.3 Å². The molecule has 0 aromatic heterocycles. The molecule has 0 saturated carbocycles. The summed E-state index contributed by atoms with van der Waals surface area (Å²) in [6, 6.07) is 21.2. The van der Waals surface area contributed by atoms with E-state index >= 15 is 0 Å². The minimum absolute atomic E-state index is 0.239. The molecule has 5 nitrogen and oxygen atoms in total. The first-order chi connectivity index (χ1) is 14.9. The molecule has 0 bridgehead atoms. The second-order valence-corrected chi connectivity index (χ2v) is 9.24. The summed E-state index contributed by atoms with van der Waals surface area (Å²) in [7, 11) is -3.66. The second-order valence-electron chi connectivity index (χ2n) is 7.56. The third kappa shape index (κ3) is 6.43. The zero-order valence-corrected chi connectivity index (χ0v) is 18.4. The minimum atomic E-state index is -3.66. The maximum Gasteiger partial charge on any atom is 0.335 e. The Morgan fingerprint density at radius 3 is 2.13 bits per heavy atom. The highest BCUT2D eigenvalue weighted by Crippen LogP contribution is 2.19. The van der Waals surface area contributed by atoms with Gasteiger partial charge in [0.25, 0.3) is 10.0 Å². The number of nitrogens with one attached hydrogen (secondary N) is 1. The summed E-state index contributed by atoms with van der Waals surface area (Å²) in [4.78, 5) is 11.4. The topological polar surface area (TPSA) is 83.5 Å². The molecule has 3 rings (SSSR count). The highest BCUT2D eigenvalue weighted by molar-refractivity contribution is 7.92. The van der Waals surface area contributed by atoms with Crippen molar-refractivity contribution in [1.82, 2.24) is 0 Å². The van der Waals surface area contributed by atoms with E-state index in [0.29, 0.717) is 18.5 Å². The second kappa shape index (κ2) is 10.3. The molecule has 0 fully saturated rings. The number of aromatic carboxylic acids is 1. The monoisotopic (exact) mass is 437 g/mol. The molecule has 162 valence electrons. The molecule has 3 aromatic rings. The summed E-state index contributed by atoms with van der Waals surface area (Å²) in [5.41, 5.74) is 3.80. The van der Waals surface area contributed by atoms with E-state index in [1.54, 1.807) is 36.4 Å². The van der Waals surface area contributed by atoms with Crippen LogP contribution >= 0.6 is 0 Å². The predicted molar refractivity (Wildman–Crippen MR) is 123 cm³/mol. The smallest absolute Gasteiger partial charge is 0.335 e. The maximum absolute atomic E-state index is 12.8. The van der Waals surface area contributed by atoms with Gasteiger partial charge in [0, 0.05) is 5.69 Å². The fourth-order valence-corrected chi connectivity index (χ4v) is 4.42. The number of sulfonamides is 1. The summed E-state index contributed by atoms with van der Waals surface area (Å²) in [6.07, 6.45) is 4.46. The van der Waals surface area contributed by atoms with Gasteiger partial charge in [0.15, 0.2) is 0 Å². The van der Waals surface area contributed by atoms with Crippen LogP contribution in [0.5, 0.6) is 0 Å². The van der Waals surface area contributed by atoms with Crippen LogP contribution in [-0.4, -0.2) is 19.5 Å². The molecule has 0 aliphatic heterocycles. The Balaban J connectivity index is 1.67. The number of anilines is 1. The van der Waals surface area contributed by atoms with Crippen LogP contribution in [0.2, 0.25) is 0 Å². The lowest BCUT2D eigenvalue weighted by Crippen LogP contribution is -2.13. The largest absolute Gasteiger partial charge is 0.478 e. The summed E-state index contributed by atoms with van der Waals surface area (Å²) in [5.74, 6) is -0.948. The number of unbranched alkanes of at least 4 members (excludes halogenated alkanes) is 1. The van der Waals surface area contributed by atoms with E-state index in [1.165, 1.54) is 0 Å². The van der Waals surface area contributed by atoms with E-state index in [-0.39, 0.29) is 10.5 Å². The molecule has 0 radical (unpaired) electrons. The van der Waals surface area contributed by atoms with Gasteiger partial charge in [-0.25, -0.2) is 13.2 Å². The van der Waals surface area contributed by atoms with Gasteiger partial charge in [-0.1, -0.05) is 49.7 Å². The number of benzene rings is 3. The van der Waals surface area contributed by atoms with E-state index in [0.717, 1.165) is 36.0 Å². The Morgan fingerprint density at radius 2 is 1.48 bits per heavy atom. The SMILES string of the molecule is CCCCc1ccc(S(=O)(=O)Nc2cccc(CCc3cccc(C(=O)O)c3)c2)cc1. The Hall–Kier alpha value is -3.12. The number of hydrogen-bond acceptors (Lipinski definition) is 3. The van der Waals surface area contributed by atoms with Gasteiger partial charge in [-0.05, 0) is 78.8 Å². The van der Waals surface area contributed by atoms with Crippen molar-refractivity contribution in [3.63, 3.8) is 0 Å². The Bertz CT molecular complexity index is 1140. The van der Waals surface area contributed by atoms with Crippen molar-refractivity contribution in [2.75, 3.05) is 4.72 Å². The van der Waals surface area contributed by atoms with Crippen molar-refractivity contribution in [2.24, 2.45) is 0 Å². The van der Waals surface area contributed by atoms with Crippen molar-refractivity contribution >= 4 is 21.7 Å². The van der Waals surface area contributed by atoms with Crippen LogP contribution in [0.3, 0.4) is 0 Å². The molecule has 0 amide bonds. The molecule has 0 aliphatic carbocycles. The number of carbonyl (C=O) groups is 1. The van der Waals surface area contributed by atoms with Gasteiger partial charge >= 0.3 is 5.97 Å². The van der Waals surface area contributed by atoms with Gasteiger partial charge in [-0.15, -0.1) is 0 Å². The first-order valence-corrected chi connectivity index (χ1v) is 11.9. The first kappa shape index (κ1) is 22.6. The first-order valence-electron chi connectivity index (χ1n) is 10.4.